The number of fused-ring (bicyclic) bond motifs is 3. The van der Waals surface area contributed by atoms with E-state index in [4.69, 9.17) is 5.14 Å². The molecule has 3 N–H and O–H groups in total. The molecule has 0 unspecified atom stereocenters. The molecule has 3 aromatic rings. The molecule has 0 amide bonds. The predicted molar refractivity (Wildman–Crippen MR) is 78.7 cm³/mol. The van der Waals surface area contributed by atoms with Crippen LogP contribution in [0.4, 0.5) is 0 Å². The van der Waals surface area contributed by atoms with Gasteiger partial charge in [0.05, 0.1) is 15.9 Å². The van der Waals surface area contributed by atoms with Crippen LogP contribution in [0.25, 0.3) is 21.8 Å². The molecular weight excluding hydrogens is 294 g/mol. The number of aromatic amines is 1. The van der Waals surface area contributed by atoms with Crippen LogP contribution in [0.5, 0.6) is 0 Å². The Morgan fingerprint density at radius 1 is 1.10 bits per heavy atom. The van der Waals surface area contributed by atoms with E-state index in [1.807, 2.05) is 0 Å². The first-order valence-electron chi connectivity index (χ1n) is 5.98. The fourth-order valence-corrected chi connectivity index (χ4v) is 3.21. The van der Waals surface area contributed by atoms with E-state index < -0.39 is 21.1 Å². The van der Waals surface area contributed by atoms with Crippen molar-refractivity contribution in [2.45, 2.75) is 4.90 Å². The molecule has 0 radical (unpaired) electrons. The fourth-order valence-electron chi connectivity index (χ4n) is 2.45. The van der Waals surface area contributed by atoms with E-state index in [-0.39, 0.29) is 4.90 Å². The van der Waals surface area contributed by atoms with Crippen LogP contribution in [0.15, 0.2) is 44.8 Å². The molecule has 0 spiro atoms. The molecule has 7 nitrogen and oxygen atoms in total. The van der Waals surface area contributed by atoms with E-state index in [1.165, 1.54) is 23.7 Å². The van der Waals surface area contributed by atoms with Gasteiger partial charge in [0.15, 0.2) is 0 Å². The van der Waals surface area contributed by atoms with Crippen LogP contribution in [0, 0.1) is 0 Å². The van der Waals surface area contributed by atoms with Gasteiger partial charge in [-0.25, -0.2) is 13.6 Å². The second-order valence-electron chi connectivity index (χ2n) is 4.68. The molecule has 0 saturated heterocycles. The molecule has 3 rings (SSSR count). The van der Waals surface area contributed by atoms with Gasteiger partial charge in [0, 0.05) is 17.8 Å². The smallest absolute Gasteiger partial charge is 0.316 e. The van der Waals surface area contributed by atoms with Crippen molar-refractivity contribution in [1.82, 2.24) is 9.55 Å². The number of nitrogens with two attached hydrogens (primary N) is 1. The molecule has 0 aliphatic carbocycles. The van der Waals surface area contributed by atoms with Gasteiger partial charge in [-0.3, -0.25) is 9.59 Å². The van der Waals surface area contributed by atoms with Crippen molar-refractivity contribution < 1.29 is 8.42 Å². The average molecular weight is 305 g/mol. The van der Waals surface area contributed by atoms with Gasteiger partial charge in [-0.15, -0.1) is 0 Å². The molecule has 0 saturated carbocycles. The molecule has 0 aliphatic heterocycles. The van der Waals surface area contributed by atoms with Gasteiger partial charge in [0.2, 0.25) is 10.0 Å². The number of nitrogens with one attached hydrogen (secondary N) is 1. The topological polar surface area (TPSA) is 115 Å². The van der Waals surface area contributed by atoms with Crippen molar-refractivity contribution in [1.29, 1.82) is 0 Å². The molecule has 1 aromatic heterocycles. The Bertz CT molecular complexity index is 1110. The Labute approximate surface area is 118 Å². The van der Waals surface area contributed by atoms with Crippen LogP contribution in [0.1, 0.15) is 0 Å². The number of hydrogen-bond acceptors (Lipinski definition) is 4. The molecule has 0 aliphatic rings. The van der Waals surface area contributed by atoms with E-state index >= 15 is 0 Å². The van der Waals surface area contributed by atoms with E-state index in [0.717, 1.165) is 0 Å². The standard InChI is InChI=1S/C13H11N3O4S/c1-16-11-8-3-2-4-10(21(14,19)20)7(8)5-6-9(11)15-12(17)13(16)18/h2-6H,1H3,(H,15,17)(H2,14,19,20). The van der Waals surface area contributed by atoms with Gasteiger partial charge in [-0.1, -0.05) is 18.2 Å². The van der Waals surface area contributed by atoms with Crippen LogP contribution in [-0.4, -0.2) is 18.0 Å². The Kier molecular flexibility index (Phi) is 2.75. The van der Waals surface area contributed by atoms with Gasteiger partial charge < -0.3 is 9.55 Å². The summed E-state index contributed by atoms with van der Waals surface area (Å²) in [5.41, 5.74) is -0.549. The lowest BCUT2D eigenvalue weighted by Gasteiger charge is -2.10. The highest BCUT2D eigenvalue weighted by molar-refractivity contribution is 7.89. The molecule has 21 heavy (non-hydrogen) atoms. The van der Waals surface area contributed by atoms with Gasteiger partial charge in [0.25, 0.3) is 0 Å². The van der Waals surface area contributed by atoms with Crippen LogP contribution in [-0.2, 0) is 17.1 Å². The number of aromatic nitrogens is 2. The summed E-state index contributed by atoms with van der Waals surface area (Å²) in [6, 6.07) is 7.71. The number of rotatable bonds is 1. The molecule has 0 atom stereocenters. The molecular formula is C13H11N3O4S. The second-order valence-corrected chi connectivity index (χ2v) is 6.21. The first-order chi connectivity index (χ1) is 9.80. The minimum absolute atomic E-state index is 0.0273. The third-order valence-corrected chi connectivity index (χ3v) is 4.35. The molecule has 2 aromatic carbocycles. The summed E-state index contributed by atoms with van der Waals surface area (Å²) in [4.78, 5) is 25.7. The zero-order chi connectivity index (χ0) is 15.4. The normalized spacial score (nSPS) is 12.1. The average Bonchev–Trinajstić information content (AvgIpc) is 2.42. The minimum Gasteiger partial charge on any atom is -0.316 e. The third-order valence-electron chi connectivity index (χ3n) is 3.38. The van der Waals surface area contributed by atoms with E-state index in [1.54, 1.807) is 18.2 Å². The highest BCUT2D eigenvalue weighted by Crippen LogP contribution is 2.27. The number of benzene rings is 2. The van der Waals surface area contributed by atoms with Crippen molar-refractivity contribution >= 4 is 31.8 Å². The summed E-state index contributed by atoms with van der Waals surface area (Å²) in [6.07, 6.45) is 0. The lowest BCUT2D eigenvalue weighted by atomic mass is 10.1. The first-order valence-corrected chi connectivity index (χ1v) is 7.53. The summed E-state index contributed by atoms with van der Waals surface area (Å²) in [6.45, 7) is 0. The van der Waals surface area contributed by atoms with E-state index in [9.17, 15) is 18.0 Å². The maximum absolute atomic E-state index is 11.8. The maximum Gasteiger partial charge on any atom is 0.316 e. The van der Waals surface area contributed by atoms with Crippen molar-refractivity contribution in [3.63, 3.8) is 0 Å². The summed E-state index contributed by atoms with van der Waals surface area (Å²) in [5, 5.41) is 6.13. The van der Waals surface area contributed by atoms with Crippen LogP contribution < -0.4 is 16.3 Å². The van der Waals surface area contributed by atoms with Crippen molar-refractivity contribution in [3.05, 3.63) is 51.0 Å². The Balaban J connectivity index is 2.66. The fraction of sp³-hybridized carbons (Fsp3) is 0.0769. The van der Waals surface area contributed by atoms with Gasteiger partial charge in [-0.2, -0.15) is 0 Å². The lowest BCUT2D eigenvalue weighted by molar-refractivity contribution is 0.598. The summed E-state index contributed by atoms with van der Waals surface area (Å²) >= 11 is 0. The monoisotopic (exact) mass is 305 g/mol. The van der Waals surface area contributed by atoms with Gasteiger partial charge in [-0.05, 0) is 12.1 Å². The summed E-state index contributed by atoms with van der Waals surface area (Å²) in [5.74, 6) is 0. The Morgan fingerprint density at radius 3 is 2.48 bits per heavy atom. The quantitative estimate of drug-likeness (QED) is 0.487. The van der Waals surface area contributed by atoms with E-state index in [2.05, 4.69) is 4.98 Å². The number of hydrogen-bond donors (Lipinski definition) is 2. The highest BCUT2D eigenvalue weighted by atomic mass is 32.2. The predicted octanol–water partition coefficient (Wildman–Crippen LogP) is 0.0274. The largest absolute Gasteiger partial charge is 0.316 e. The van der Waals surface area contributed by atoms with Crippen LogP contribution in [0.2, 0.25) is 0 Å². The Morgan fingerprint density at radius 2 is 1.81 bits per heavy atom. The Hall–Kier alpha value is -2.45. The van der Waals surface area contributed by atoms with Crippen molar-refractivity contribution in [3.8, 4) is 0 Å². The third kappa shape index (κ3) is 1.96. The van der Waals surface area contributed by atoms with Crippen LogP contribution in [0.3, 0.4) is 0 Å². The zero-order valence-electron chi connectivity index (χ0n) is 11.0. The van der Waals surface area contributed by atoms with E-state index in [0.29, 0.717) is 21.8 Å². The molecule has 0 bridgehead atoms. The van der Waals surface area contributed by atoms with Crippen molar-refractivity contribution in [2.75, 3.05) is 0 Å². The SMILES string of the molecule is Cn1c(=O)c(=O)[nH]c2ccc3c(S(N)(=O)=O)cccc3c21. The van der Waals surface area contributed by atoms with Gasteiger partial charge in [0.1, 0.15) is 0 Å². The summed E-state index contributed by atoms with van der Waals surface area (Å²) in [7, 11) is -2.43. The molecule has 1 heterocycles. The first kappa shape index (κ1) is 13.5. The minimum atomic E-state index is -3.89. The summed E-state index contributed by atoms with van der Waals surface area (Å²) < 4.78 is 24.5. The zero-order valence-corrected chi connectivity index (χ0v) is 11.8. The molecule has 108 valence electrons. The number of sulfonamides is 1. The maximum atomic E-state index is 11.8. The second kappa shape index (κ2) is 4.27. The van der Waals surface area contributed by atoms with Gasteiger partial charge >= 0.3 is 11.1 Å². The number of aryl methyl sites for hydroxylation is 1. The molecule has 8 heteroatoms. The molecule has 0 fully saturated rings. The highest BCUT2D eigenvalue weighted by Gasteiger charge is 2.15. The van der Waals surface area contributed by atoms with Crippen molar-refractivity contribution in [2.24, 2.45) is 12.2 Å². The number of H-pyrrole nitrogens is 1. The lowest BCUT2D eigenvalue weighted by Crippen LogP contribution is -2.34. The number of primary sulfonamides is 1. The number of nitrogens with zero attached hydrogens (tertiary/aromatic N) is 1. The van der Waals surface area contributed by atoms with Crippen LogP contribution >= 0.6 is 0 Å².